The van der Waals surface area contributed by atoms with Gasteiger partial charge in [-0.1, -0.05) is 30.8 Å². The van der Waals surface area contributed by atoms with Gasteiger partial charge in [0.15, 0.2) is 10.8 Å². The number of amides is 1. The number of carbonyl (C=O) groups excluding carboxylic acids is 1. The summed E-state index contributed by atoms with van der Waals surface area (Å²) in [6.07, 6.45) is 0.935. The minimum absolute atomic E-state index is 0.140. The van der Waals surface area contributed by atoms with Crippen LogP contribution in [0.5, 0.6) is 5.75 Å². The van der Waals surface area contributed by atoms with E-state index in [1.54, 1.807) is 4.57 Å². The summed E-state index contributed by atoms with van der Waals surface area (Å²) >= 11 is 1.27. The van der Waals surface area contributed by atoms with Crippen molar-refractivity contribution in [1.29, 1.82) is 5.41 Å². The number of nitrogens with zero attached hydrogens (tertiary/aromatic N) is 3. The first-order valence-corrected chi connectivity index (χ1v) is 11.8. The average molecular weight is 463 g/mol. The van der Waals surface area contributed by atoms with E-state index >= 15 is 0 Å². The van der Waals surface area contributed by atoms with Crippen LogP contribution >= 0.6 is 11.8 Å². The molecule has 1 amide bonds. The van der Waals surface area contributed by atoms with E-state index < -0.39 is 0 Å². The molecule has 0 radical (unpaired) electrons. The van der Waals surface area contributed by atoms with E-state index in [2.05, 4.69) is 27.4 Å². The minimum Gasteiger partial charge on any atom is -0.494 e. The molecule has 2 aromatic carbocycles. The molecule has 2 heterocycles. The van der Waals surface area contributed by atoms with E-state index in [0.29, 0.717) is 28.5 Å². The fourth-order valence-corrected chi connectivity index (χ4v) is 4.28. The Morgan fingerprint density at radius 3 is 2.55 bits per heavy atom. The van der Waals surface area contributed by atoms with E-state index in [4.69, 9.17) is 10.1 Å². The second-order valence-corrected chi connectivity index (χ2v) is 8.38. The van der Waals surface area contributed by atoms with Crippen LogP contribution in [0.2, 0.25) is 0 Å². The number of carbonyl (C=O) groups is 1. The third kappa shape index (κ3) is 4.93. The van der Waals surface area contributed by atoms with Crippen molar-refractivity contribution in [2.45, 2.75) is 32.3 Å². The van der Waals surface area contributed by atoms with E-state index in [0.717, 1.165) is 23.6 Å². The molecule has 8 nitrogen and oxygen atoms in total. The summed E-state index contributed by atoms with van der Waals surface area (Å²) in [5.41, 5.74) is 4.26. The molecular weight excluding hydrogens is 436 g/mol. The summed E-state index contributed by atoms with van der Waals surface area (Å²) in [6, 6.07) is 15.3. The van der Waals surface area contributed by atoms with Crippen LogP contribution in [0.25, 0.3) is 16.7 Å². The highest BCUT2D eigenvalue weighted by atomic mass is 32.2. The topological polar surface area (TPSA) is 109 Å². The van der Waals surface area contributed by atoms with Crippen molar-refractivity contribution in [3.05, 3.63) is 65.3 Å². The van der Waals surface area contributed by atoms with Crippen molar-refractivity contribution in [3.8, 4) is 11.4 Å². The second kappa shape index (κ2) is 9.91. The van der Waals surface area contributed by atoms with Crippen molar-refractivity contribution in [2.24, 2.45) is 0 Å². The number of anilines is 1. The Balaban J connectivity index is 1.59. The van der Waals surface area contributed by atoms with Crippen LogP contribution in [0.4, 0.5) is 5.69 Å². The van der Waals surface area contributed by atoms with Gasteiger partial charge in [0.2, 0.25) is 5.91 Å². The zero-order valence-corrected chi connectivity index (χ0v) is 19.6. The lowest BCUT2D eigenvalue weighted by molar-refractivity contribution is -0.113. The number of rotatable bonds is 8. The van der Waals surface area contributed by atoms with Gasteiger partial charge in [0.1, 0.15) is 11.2 Å². The lowest BCUT2D eigenvalue weighted by Crippen LogP contribution is -2.23. The number of hydrogen-bond donors (Lipinski definition) is 3. The van der Waals surface area contributed by atoms with E-state index in [9.17, 15) is 4.79 Å². The molecule has 0 aliphatic carbocycles. The molecule has 4 aromatic rings. The standard InChI is InChI=1S/C24H26N6O2S/c1-4-16-6-10-18(11-7-16)30-22(25)21-15(3)28-29-23(21)27-24(30)33-14-20(31)26-17-8-12-19(13-9-17)32-5-2/h6-13,25H,4-5,14H2,1-3H3,(H,26,31)(H,28,29). The van der Waals surface area contributed by atoms with E-state index in [1.807, 2.05) is 62.4 Å². The van der Waals surface area contributed by atoms with Crippen LogP contribution in [-0.2, 0) is 11.2 Å². The van der Waals surface area contributed by atoms with Crippen molar-refractivity contribution in [3.63, 3.8) is 0 Å². The maximum Gasteiger partial charge on any atom is 0.234 e. The summed E-state index contributed by atoms with van der Waals surface area (Å²) in [4.78, 5) is 17.3. The molecule has 0 atom stereocenters. The number of thioether (sulfide) groups is 1. The maximum absolute atomic E-state index is 12.6. The Kier molecular flexibility index (Phi) is 6.79. The summed E-state index contributed by atoms with van der Waals surface area (Å²) < 4.78 is 7.20. The van der Waals surface area contributed by atoms with Gasteiger partial charge in [0.25, 0.3) is 0 Å². The summed E-state index contributed by atoms with van der Waals surface area (Å²) in [7, 11) is 0. The zero-order chi connectivity index (χ0) is 23.4. The SMILES string of the molecule is CCOc1ccc(NC(=O)CSc2nc3n[nH]c(C)c3c(=N)n2-c2ccc(CC)cc2)cc1. The van der Waals surface area contributed by atoms with Crippen LogP contribution in [0.1, 0.15) is 25.1 Å². The lowest BCUT2D eigenvalue weighted by atomic mass is 10.1. The fraction of sp³-hybridized carbons (Fsp3) is 0.250. The highest BCUT2D eigenvalue weighted by molar-refractivity contribution is 7.99. The normalized spacial score (nSPS) is 11.0. The van der Waals surface area contributed by atoms with Gasteiger partial charge in [-0.3, -0.25) is 19.9 Å². The van der Waals surface area contributed by atoms with Crippen molar-refractivity contribution in [2.75, 3.05) is 17.7 Å². The number of aromatic amines is 1. The first kappa shape index (κ1) is 22.6. The summed E-state index contributed by atoms with van der Waals surface area (Å²) in [5.74, 6) is 0.736. The maximum atomic E-state index is 12.6. The Morgan fingerprint density at radius 1 is 1.15 bits per heavy atom. The summed E-state index contributed by atoms with van der Waals surface area (Å²) in [6.45, 7) is 6.49. The Bertz CT molecular complexity index is 1330. The van der Waals surface area contributed by atoms with Crippen LogP contribution in [0.3, 0.4) is 0 Å². The Morgan fingerprint density at radius 2 is 1.88 bits per heavy atom. The Hall–Kier alpha value is -3.59. The molecule has 0 fully saturated rings. The van der Waals surface area contributed by atoms with E-state index in [1.165, 1.54) is 17.3 Å². The number of H-pyrrole nitrogens is 1. The van der Waals surface area contributed by atoms with Crippen LogP contribution in [0.15, 0.2) is 53.7 Å². The van der Waals surface area contributed by atoms with Gasteiger partial charge < -0.3 is 10.1 Å². The average Bonchev–Trinajstić information content (AvgIpc) is 3.20. The number of aryl methyl sites for hydroxylation is 2. The van der Waals surface area contributed by atoms with Gasteiger partial charge in [0.05, 0.1) is 17.7 Å². The van der Waals surface area contributed by atoms with Crippen molar-refractivity contribution < 1.29 is 9.53 Å². The van der Waals surface area contributed by atoms with E-state index in [-0.39, 0.29) is 17.1 Å². The van der Waals surface area contributed by atoms with Crippen LogP contribution in [0, 0.1) is 12.3 Å². The predicted octanol–water partition coefficient (Wildman–Crippen LogP) is 4.23. The van der Waals surface area contributed by atoms with Gasteiger partial charge in [-0.2, -0.15) is 5.10 Å². The second-order valence-electron chi connectivity index (χ2n) is 7.44. The van der Waals surface area contributed by atoms with Crippen molar-refractivity contribution in [1.82, 2.24) is 19.7 Å². The zero-order valence-electron chi connectivity index (χ0n) is 18.8. The number of fused-ring (bicyclic) bond motifs is 1. The van der Waals surface area contributed by atoms with Gasteiger partial charge in [-0.25, -0.2) is 4.98 Å². The van der Waals surface area contributed by atoms with Gasteiger partial charge in [0, 0.05) is 17.1 Å². The van der Waals surface area contributed by atoms with Crippen molar-refractivity contribution >= 4 is 34.4 Å². The molecule has 33 heavy (non-hydrogen) atoms. The summed E-state index contributed by atoms with van der Waals surface area (Å²) in [5, 5.41) is 20.1. The van der Waals surface area contributed by atoms with Gasteiger partial charge in [-0.15, -0.1) is 0 Å². The highest BCUT2D eigenvalue weighted by Gasteiger charge is 2.16. The largest absolute Gasteiger partial charge is 0.494 e. The number of nitrogens with one attached hydrogen (secondary N) is 3. The van der Waals surface area contributed by atoms with Gasteiger partial charge >= 0.3 is 0 Å². The molecule has 0 saturated carbocycles. The smallest absolute Gasteiger partial charge is 0.234 e. The molecule has 2 aromatic heterocycles. The first-order chi connectivity index (χ1) is 16.0. The van der Waals surface area contributed by atoms with Crippen LogP contribution in [-0.4, -0.2) is 38.0 Å². The number of aromatic nitrogens is 4. The Labute approximate surface area is 195 Å². The van der Waals surface area contributed by atoms with Gasteiger partial charge in [-0.05, 0) is 62.2 Å². The minimum atomic E-state index is -0.163. The quantitative estimate of drug-likeness (QED) is 0.268. The third-order valence-electron chi connectivity index (χ3n) is 5.17. The molecule has 0 saturated heterocycles. The molecule has 170 valence electrons. The molecule has 4 rings (SSSR count). The predicted molar refractivity (Wildman–Crippen MR) is 130 cm³/mol. The monoisotopic (exact) mass is 462 g/mol. The van der Waals surface area contributed by atoms with Crippen LogP contribution < -0.4 is 15.5 Å². The molecule has 0 spiro atoms. The third-order valence-corrected chi connectivity index (χ3v) is 6.10. The molecular formula is C24H26N6O2S. The first-order valence-electron chi connectivity index (χ1n) is 10.8. The molecule has 9 heteroatoms. The number of ether oxygens (including phenoxy) is 1. The molecule has 0 aliphatic rings. The highest BCUT2D eigenvalue weighted by Crippen LogP contribution is 2.23. The fourth-order valence-electron chi connectivity index (χ4n) is 3.47. The number of hydrogen-bond acceptors (Lipinski definition) is 6. The number of benzene rings is 2. The molecule has 3 N–H and O–H groups in total. The molecule has 0 unspecified atom stereocenters. The molecule has 0 aliphatic heterocycles. The lowest BCUT2D eigenvalue weighted by Gasteiger charge is -2.14. The molecule has 0 bridgehead atoms.